The Kier molecular flexibility index (Phi) is 25.0. The maximum atomic E-state index is 12.9. The van der Waals surface area contributed by atoms with Gasteiger partial charge in [0.15, 0.2) is 29.8 Å². The second kappa shape index (κ2) is 25.0. The van der Waals surface area contributed by atoms with Crippen molar-refractivity contribution < 1.29 is 89.3 Å². The fourth-order valence-electron chi connectivity index (χ4n) is 3.37. The molecule has 1 aromatic carbocycles. The molecule has 2 aromatic rings. The van der Waals surface area contributed by atoms with E-state index in [2.05, 4.69) is 35.0 Å². The number of unbranched alkanes of at least 4 members (excludes halogenated alkanes) is 3. The van der Waals surface area contributed by atoms with E-state index >= 15 is 0 Å². The van der Waals surface area contributed by atoms with Crippen molar-refractivity contribution in [2.45, 2.75) is 59.0 Å². The van der Waals surface area contributed by atoms with Crippen LogP contribution in [0.15, 0.2) is 34.8 Å². The van der Waals surface area contributed by atoms with Gasteiger partial charge in [-0.1, -0.05) is 44.3 Å². The molecule has 45 heavy (non-hydrogen) atoms. The van der Waals surface area contributed by atoms with Gasteiger partial charge < -0.3 is 47.8 Å². The van der Waals surface area contributed by atoms with Gasteiger partial charge in [0.1, 0.15) is 18.3 Å². The van der Waals surface area contributed by atoms with Crippen molar-refractivity contribution in [1.29, 1.82) is 5.41 Å². The van der Waals surface area contributed by atoms with Gasteiger partial charge >= 0.3 is 51.4 Å². The van der Waals surface area contributed by atoms with Crippen molar-refractivity contribution in [1.82, 2.24) is 15.4 Å². The molecule has 15 nitrogen and oxygen atoms in total. The number of nitrogen functional groups attached to an aromatic ring is 1. The van der Waals surface area contributed by atoms with Gasteiger partial charge in [0, 0.05) is 5.38 Å². The average Bonchev–Trinajstić information content (AvgIpc) is 3.43. The molecule has 1 fully saturated rings. The number of nitrogens with one attached hydrogen (secondary N) is 2. The minimum Gasteiger partial charge on any atom is -0.492 e. The van der Waals surface area contributed by atoms with Crippen molar-refractivity contribution in [3.05, 3.63) is 47.3 Å². The van der Waals surface area contributed by atoms with Crippen LogP contribution in [-0.4, -0.2) is 81.3 Å². The summed E-state index contributed by atoms with van der Waals surface area (Å²) in [5, 5.41) is 23.2. The second-order valence-electron chi connectivity index (χ2n) is 8.92. The summed E-state index contributed by atoms with van der Waals surface area (Å²) >= 11 is 1.16. The number of aromatic nitrogens is 1. The Morgan fingerprint density at radius 1 is 1.36 bits per heavy atom. The molecular weight excluding hydrogens is 654 g/mol. The molecule has 1 atom stereocenters. The molecular formula is C27H41KN7O8S2-. The molecule has 0 saturated carbocycles. The summed E-state index contributed by atoms with van der Waals surface area (Å²) in [4.78, 5) is 42.8. The van der Waals surface area contributed by atoms with Crippen molar-refractivity contribution >= 4 is 59.0 Å². The first-order valence-corrected chi connectivity index (χ1v) is 14.5. The van der Waals surface area contributed by atoms with Crippen molar-refractivity contribution in [2.75, 3.05) is 25.5 Å². The zero-order chi connectivity index (χ0) is 32.3. The smallest absolute Gasteiger partial charge is 0.492 e. The summed E-state index contributed by atoms with van der Waals surface area (Å²) in [5.74, 6) is -0.652. The predicted octanol–water partition coefficient (Wildman–Crippen LogP) is 0.239. The van der Waals surface area contributed by atoms with Gasteiger partial charge in [-0.3, -0.25) is 14.4 Å². The largest absolute Gasteiger partial charge is 1.00 e. The summed E-state index contributed by atoms with van der Waals surface area (Å²) in [7, 11) is 0. The summed E-state index contributed by atoms with van der Waals surface area (Å²) in [6.45, 7) is 6.22. The fourth-order valence-corrected chi connectivity index (χ4v) is 4.25. The number of thiazole rings is 1. The molecule has 8 N–H and O–H groups in total. The summed E-state index contributed by atoms with van der Waals surface area (Å²) in [6.07, 6.45) is 8.04. The number of oxime groups is 1. The van der Waals surface area contributed by atoms with Crippen LogP contribution in [0.5, 0.6) is 5.75 Å². The molecule has 0 radical (unpaired) electrons. The third-order valence-electron chi connectivity index (χ3n) is 5.54. The number of ether oxygens (including phenoxy) is 1. The van der Waals surface area contributed by atoms with Crippen LogP contribution in [0.3, 0.4) is 0 Å². The van der Waals surface area contributed by atoms with Crippen LogP contribution in [0, 0.1) is 11.8 Å². The van der Waals surface area contributed by atoms with Gasteiger partial charge in [0.2, 0.25) is 0 Å². The number of hydrogen-bond donors (Lipinski definition) is 6. The second-order valence-corrected chi connectivity index (χ2v) is 10.1. The van der Waals surface area contributed by atoms with Gasteiger partial charge in [0.05, 0.1) is 11.3 Å². The minimum atomic E-state index is -0.914. The standard InChI is InChI=1S/C19H21N6O6S2.C6H14N.CH2O2.CH4.K/c1-19(2)15(17(27)25(19)31-33-28)23-16(26)14(13-10-32-18(21)22-13)24-30-8-7-29-12-5-3-11(9-20)4-6-12;1-2-3-4-5-6-7;2-1-3;;/h3-6,10,15,20,28H,7-8H2,1-2H3,(H2,21,22)(H,23,26);3H,2,4-7H2,1H3;1H,(H,2,3);1H4;/q2*-1;;;+1/b24-14-;;;;/t15-;;;;/m1..../s1. The van der Waals surface area contributed by atoms with Crippen molar-refractivity contribution in [3.63, 3.8) is 0 Å². The van der Waals surface area contributed by atoms with E-state index in [0.29, 0.717) is 11.3 Å². The number of amides is 2. The van der Waals surface area contributed by atoms with Gasteiger partial charge in [0.25, 0.3) is 18.3 Å². The zero-order valence-electron chi connectivity index (χ0n) is 25.0. The Hall–Kier alpha value is -2.13. The van der Waals surface area contributed by atoms with E-state index in [1.165, 1.54) is 12.8 Å². The topological polar surface area (TPSA) is 236 Å². The minimum absolute atomic E-state index is 0. The number of carbonyl (C=O) groups is 3. The first-order valence-electron chi connectivity index (χ1n) is 12.9. The summed E-state index contributed by atoms with van der Waals surface area (Å²) in [5.41, 5.74) is 10.7. The first-order chi connectivity index (χ1) is 20.6. The number of benzene rings is 1. The number of hydrogen-bond acceptors (Lipinski definition) is 14. The number of anilines is 1. The molecule has 3 rings (SSSR count). The third-order valence-corrected chi connectivity index (χ3v) is 6.43. The Labute approximate surface area is 314 Å². The van der Waals surface area contributed by atoms with Gasteiger partial charge in [-0.25, -0.2) is 4.98 Å². The van der Waals surface area contributed by atoms with E-state index < -0.39 is 23.4 Å². The van der Waals surface area contributed by atoms with E-state index in [0.717, 1.165) is 29.4 Å². The molecule has 1 aliphatic rings. The van der Waals surface area contributed by atoms with E-state index in [-0.39, 0.29) is 107 Å². The van der Waals surface area contributed by atoms with Gasteiger partial charge in [-0.2, -0.15) is 39.9 Å². The molecule has 18 heteroatoms. The van der Waals surface area contributed by atoms with Crippen LogP contribution in [0.1, 0.15) is 58.7 Å². The number of hydroxylamine groups is 2. The molecule has 1 saturated heterocycles. The van der Waals surface area contributed by atoms with E-state index in [4.69, 9.17) is 45.2 Å². The molecule has 0 bridgehead atoms. The van der Waals surface area contributed by atoms with Gasteiger partial charge in [-0.05, 0) is 20.4 Å². The van der Waals surface area contributed by atoms with Crippen LogP contribution < -0.4 is 72.9 Å². The Morgan fingerprint density at radius 3 is 2.49 bits per heavy atom. The Bertz CT molecular complexity index is 1180. The number of β-lactam (4-membered cyclic amide) rings is 1. The van der Waals surface area contributed by atoms with Crippen molar-refractivity contribution in [3.8, 4) is 5.75 Å². The normalized spacial score (nSPS) is 14.4. The summed E-state index contributed by atoms with van der Waals surface area (Å²) in [6, 6.07) is 5.84. The van der Waals surface area contributed by atoms with Gasteiger partial charge in [-0.15, -0.1) is 11.3 Å². The van der Waals surface area contributed by atoms with E-state index in [9.17, 15) is 9.59 Å². The molecule has 1 aromatic heterocycles. The average molecular weight is 695 g/mol. The number of rotatable bonds is 15. The molecule has 0 unspecified atom stereocenters. The molecule has 246 valence electrons. The summed E-state index contributed by atoms with van der Waals surface area (Å²) < 4.78 is 19.2. The number of carboxylic acid groups (broad SMARTS) is 1. The van der Waals surface area contributed by atoms with Crippen LogP contribution in [0.2, 0.25) is 0 Å². The van der Waals surface area contributed by atoms with Crippen LogP contribution in [0.25, 0.3) is 0 Å². The SMILES string of the molecule is C.CC1(C)[C@H](NC(=O)/C(=N\OCCOc2ccc([C-]=N)cc2)c2csc(N)n2)C(=O)N1OSO.CC[CH-]CCCN.O=CO.[K+]. The number of nitrogens with zero attached hydrogens (tertiary/aromatic N) is 3. The van der Waals surface area contributed by atoms with E-state index in [1.807, 2.05) is 0 Å². The number of nitrogens with two attached hydrogens (primary N) is 2. The molecule has 2 heterocycles. The first kappa shape index (κ1) is 45.0. The maximum absolute atomic E-state index is 12.9. The maximum Gasteiger partial charge on any atom is 1.00 e. The van der Waals surface area contributed by atoms with E-state index in [1.54, 1.807) is 43.5 Å². The Morgan fingerprint density at radius 2 is 2.00 bits per heavy atom. The molecule has 0 aliphatic carbocycles. The fraction of sp³-hybridized carbons (Fsp3) is 0.444. The monoisotopic (exact) mass is 694 g/mol. The van der Waals surface area contributed by atoms with Crippen LogP contribution in [-0.2, 0) is 23.5 Å². The van der Waals surface area contributed by atoms with Crippen LogP contribution >= 0.6 is 23.7 Å². The molecule has 1 aliphatic heterocycles. The Balaban J connectivity index is 0. The molecule has 0 spiro atoms. The van der Waals surface area contributed by atoms with Crippen molar-refractivity contribution in [2.24, 2.45) is 10.9 Å². The zero-order valence-corrected chi connectivity index (χ0v) is 29.8. The number of carbonyl (C=O) groups excluding carboxylic acids is 2. The quantitative estimate of drug-likeness (QED) is 0.0215. The third kappa shape index (κ3) is 15.3. The predicted molar refractivity (Wildman–Crippen MR) is 170 cm³/mol. The van der Waals surface area contributed by atoms with Crippen LogP contribution in [0.4, 0.5) is 5.13 Å². The molecule has 2 amide bonds.